The van der Waals surface area contributed by atoms with Crippen LogP contribution in [0.1, 0.15) is 35.6 Å². The molecule has 37 heavy (non-hydrogen) atoms. The first kappa shape index (κ1) is 24.5. The zero-order chi connectivity index (χ0) is 26.1. The fourth-order valence-electron chi connectivity index (χ4n) is 4.59. The highest BCUT2D eigenvalue weighted by molar-refractivity contribution is 9.10. The van der Waals surface area contributed by atoms with Gasteiger partial charge in [0.05, 0.1) is 17.3 Å². The third-order valence-electron chi connectivity index (χ3n) is 6.38. The maximum absolute atomic E-state index is 13.5. The number of pyridine rings is 1. The van der Waals surface area contributed by atoms with E-state index in [0.29, 0.717) is 16.8 Å². The molecule has 0 fully saturated rings. The van der Waals surface area contributed by atoms with Crippen LogP contribution in [0.3, 0.4) is 0 Å². The maximum atomic E-state index is 13.5. The molecule has 8 heteroatoms. The van der Waals surface area contributed by atoms with Crippen molar-refractivity contribution in [2.24, 2.45) is 0 Å². The Morgan fingerprint density at radius 2 is 1.70 bits per heavy atom. The second kappa shape index (κ2) is 10.1. The summed E-state index contributed by atoms with van der Waals surface area (Å²) in [5.41, 5.74) is 7.84. The first-order valence-electron chi connectivity index (χ1n) is 11.8. The molecule has 2 heterocycles. The van der Waals surface area contributed by atoms with E-state index in [1.54, 1.807) is 0 Å². The van der Waals surface area contributed by atoms with Gasteiger partial charge in [0.25, 0.3) is 5.56 Å². The van der Waals surface area contributed by atoms with Gasteiger partial charge in [0.15, 0.2) is 0 Å². The molecule has 3 aromatic carbocycles. The van der Waals surface area contributed by atoms with Gasteiger partial charge < -0.3 is 14.9 Å². The van der Waals surface area contributed by atoms with Gasteiger partial charge in [-0.3, -0.25) is 15.0 Å². The fraction of sp³-hybridized carbons (Fsp3) is 0.138. The van der Waals surface area contributed by atoms with E-state index in [4.69, 9.17) is 0 Å². The van der Waals surface area contributed by atoms with Crippen molar-refractivity contribution < 1.29 is 14.7 Å². The van der Waals surface area contributed by atoms with Crippen LogP contribution in [0.4, 0.5) is 0 Å². The number of hydrogen-bond donors (Lipinski definition) is 2. The predicted octanol–water partition coefficient (Wildman–Crippen LogP) is 4.23. The number of hydrazine groups is 1. The molecule has 5 rings (SSSR count). The minimum absolute atomic E-state index is 0.231. The number of carboxylic acid groups (broad SMARTS) is 1. The van der Waals surface area contributed by atoms with Gasteiger partial charge in [-0.15, -0.1) is 0 Å². The van der Waals surface area contributed by atoms with Crippen molar-refractivity contribution in [2.75, 3.05) is 0 Å². The lowest BCUT2D eigenvalue weighted by Crippen LogP contribution is -2.40. The van der Waals surface area contributed by atoms with Crippen molar-refractivity contribution in [3.63, 3.8) is 0 Å². The molecule has 0 bridgehead atoms. The third kappa shape index (κ3) is 4.93. The van der Waals surface area contributed by atoms with Gasteiger partial charge in [0.2, 0.25) is 5.91 Å². The lowest BCUT2D eigenvalue weighted by Gasteiger charge is -2.26. The molecule has 4 aromatic rings. The van der Waals surface area contributed by atoms with Crippen LogP contribution in [0.15, 0.2) is 88.1 Å². The Labute approximate surface area is 221 Å². The number of rotatable bonds is 6. The number of aryl methyl sites for hydroxylation is 1. The Bertz CT molecular complexity index is 1590. The predicted molar refractivity (Wildman–Crippen MR) is 144 cm³/mol. The molecule has 1 atom stereocenters. The number of carboxylic acids is 1. The van der Waals surface area contributed by atoms with Gasteiger partial charge in [0.1, 0.15) is 0 Å². The van der Waals surface area contributed by atoms with Gasteiger partial charge in [-0.2, -0.15) is 0 Å². The quantitative estimate of drug-likeness (QED) is 0.370. The molecule has 0 saturated carbocycles. The summed E-state index contributed by atoms with van der Waals surface area (Å²) in [5, 5.41) is 13.3. The SMILES string of the molecule is Cc1ccc([C@H]2C=C(c3c(-c4ccccc4)c4cc(Br)ccc4[nH]c3=O)NN2C(=O)CCC(=O)[O-])cc1. The van der Waals surface area contributed by atoms with Crippen LogP contribution in [0.2, 0.25) is 0 Å². The van der Waals surface area contributed by atoms with E-state index in [1.165, 1.54) is 5.01 Å². The number of carbonyl (C=O) groups is 2. The molecule has 0 saturated heterocycles. The average molecular weight is 557 g/mol. The smallest absolute Gasteiger partial charge is 0.258 e. The standard InChI is InChI=1S/C29H24BrN3O4/c1-17-7-9-18(10-8-17)24-16-23(32-33(24)25(34)13-14-26(35)36)28-27(19-5-3-2-4-6-19)21-15-20(30)11-12-22(21)31-29(28)37/h2-12,15-16,24,32H,13-14H2,1H3,(H,31,37)(H,35,36)/p-1/t24-/m1/s1. The number of fused-ring (bicyclic) bond motifs is 1. The third-order valence-corrected chi connectivity index (χ3v) is 6.88. The Balaban J connectivity index is 1.70. The number of amides is 1. The summed E-state index contributed by atoms with van der Waals surface area (Å²) in [6, 6.07) is 22.5. The number of aromatic nitrogens is 1. The lowest BCUT2D eigenvalue weighted by molar-refractivity contribution is -0.305. The second-order valence-electron chi connectivity index (χ2n) is 8.94. The van der Waals surface area contributed by atoms with Gasteiger partial charge >= 0.3 is 0 Å². The molecule has 0 unspecified atom stereocenters. The number of hydrogen-bond acceptors (Lipinski definition) is 5. The van der Waals surface area contributed by atoms with Gasteiger partial charge in [-0.1, -0.05) is 76.1 Å². The van der Waals surface area contributed by atoms with Crippen LogP contribution in [0.5, 0.6) is 0 Å². The summed E-state index contributed by atoms with van der Waals surface area (Å²) in [6.07, 6.45) is 1.21. The Hall–Kier alpha value is -4.17. The highest BCUT2D eigenvalue weighted by Crippen LogP contribution is 2.38. The summed E-state index contributed by atoms with van der Waals surface area (Å²) in [4.78, 5) is 40.7. The number of aromatic amines is 1. The second-order valence-corrected chi connectivity index (χ2v) is 9.86. The van der Waals surface area contributed by atoms with Crippen molar-refractivity contribution >= 4 is 44.4 Å². The minimum atomic E-state index is -1.30. The average Bonchev–Trinajstić information content (AvgIpc) is 3.32. The topological polar surface area (TPSA) is 105 Å². The van der Waals surface area contributed by atoms with Crippen LogP contribution in [0, 0.1) is 6.92 Å². The van der Waals surface area contributed by atoms with Crippen molar-refractivity contribution in [1.29, 1.82) is 0 Å². The number of nitrogens with zero attached hydrogens (tertiary/aromatic N) is 1. The number of benzene rings is 3. The van der Waals surface area contributed by atoms with E-state index < -0.39 is 24.3 Å². The number of halogens is 1. The van der Waals surface area contributed by atoms with Crippen LogP contribution < -0.4 is 16.1 Å². The van der Waals surface area contributed by atoms with Crippen molar-refractivity contribution in [2.45, 2.75) is 25.8 Å². The zero-order valence-corrected chi connectivity index (χ0v) is 21.5. The van der Waals surface area contributed by atoms with Crippen molar-refractivity contribution in [3.05, 3.63) is 110 Å². The normalized spacial score (nSPS) is 14.9. The molecular weight excluding hydrogens is 534 g/mol. The van der Waals surface area contributed by atoms with Crippen LogP contribution in [-0.2, 0) is 9.59 Å². The lowest BCUT2D eigenvalue weighted by atomic mass is 9.94. The number of carbonyl (C=O) groups excluding carboxylic acids is 2. The number of aliphatic carboxylic acids is 1. The van der Waals surface area contributed by atoms with E-state index in [-0.39, 0.29) is 12.0 Å². The first-order valence-corrected chi connectivity index (χ1v) is 12.6. The Morgan fingerprint density at radius 1 is 0.973 bits per heavy atom. The van der Waals surface area contributed by atoms with Crippen LogP contribution in [0.25, 0.3) is 27.7 Å². The van der Waals surface area contributed by atoms with E-state index >= 15 is 0 Å². The summed E-state index contributed by atoms with van der Waals surface area (Å²) in [5.74, 6) is -1.71. The van der Waals surface area contributed by atoms with E-state index in [9.17, 15) is 19.5 Å². The monoisotopic (exact) mass is 556 g/mol. The highest BCUT2D eigenvalue weighted by Gasteiger charge is 2.33. The summed E-state index contributed by atoms with van der Waals surface area (Å²) < 4.78 is 0.861. The minimum Gasteiger partial charge on any atom is -0.550 e. The first-order chi connectivity index (χ1) is 17.8. The molecule has 0 spiro atoms. The van der Waals surface area contributed by atoms with Gasteiger partial charge in [0, 0.05) is 33.3 Å². The number of H-pyrrole nitrogens is 1. The molecule has 0 aliphatic carbocycles. The Morgan fingerprint density at radius 3 is 2.41 bits per heavy atom. The molecule has 2 N–H and O–H groups in total. The van der Waals surface area contributed by atoms with Crippen LogP contribution >= 0.6 is 15.9 Å². The number of nitrogens with one attached hydrogen (secondary N) is 2. The summed E-state index contributed by atoms with van der Waals surface area (Å²) in [6.45, 7) is 1.97. The van der Waals surface area contributed by atoms with E-state index in [0.717, 1.165) is 32.1 Å². The zero-order valence-electron chi connectivity index (χ0n) is 20.0. The molecule has 186 valence electrons. The largest absolute Gasteiger partial charge is 0.550 e. The fourth-order valence-corrected chi connectivity index (χ4v) is 4.95. The summed E-state index contributed by atoms with van der Waals surface area (Å²) >= 11 is 3.54. The molecule has 1 aromatic heterocycles. The molecule has 1 aliphatic heterocycles. The molecular formula is C29H23BrN3O4-. The molecule has 0 radical (unpaired) electrons. The van der Waals surface area contributed by atoms with Gasteiger partial charge in [-0.25, -0.2) is 5.01 Å². The van der Waals surface area contributed by atoms with E-state index in [2.05, 4.69) is 26.3 Å². The summed E-state index contributed by atoms with van der Waals surface area (Å²) in [7, 11) is 0. The molecule has 7 nitrogen and oxygen atoms in total. The van der Waals surface area contributed by atoms with Crippen molar-refractivity contribution in [1.82, 2.24) is 15.4 Å². The van der Waals surface area contributed by atoms with Gasteiger partial charge in [-0.05, 0) is 48.7 Å². The van der Waals surface area contributed by atoms with E-state index in [1.807, 2.05) is 85.8 Å². The van der Waals surface area contributed by atoms with Crippen molar-refractivity contribution in [3.8, 4) is 11.1 Å². The molecule has 1 amide bonds. The maximum Gasteiger partial charge on any atom is 0.258 e. The highest BCUT2D eigenvalue weighted by atomic mass is 79.9. The Kier molecular flexibility index (Phi) is 6.67. The van der Waals surface area contributed by atoms with Crippen LogP contribution in [-0.4, -0.2) is 21.9 Å². The molecule has 1 aliphatic rings.